The van der Waals surface area contributed by atoms with Crippen molar-refractivity contribution in [2.45, 2.75) is 45.6 Å². The zero-order chi connectivity index (χ0) is 20.9. The Kier molecular flexibility index (Phi) is 6.48. The van der Waals surface area contributed by atoms with E-state index < -0.39 is 0 Å². The van der Waals surface area contributed by atoms with E-state index in [1.54, 1.807) is 0 Å². The third-order valence-corrected chi connectivity index (χ3v) is 6.13. The number of aromatic nitrogens is 2. The van der Waals surface area contributed by atoms with Crippen molar-refractivity contribution in [1.29, 1.82) is 0 Å². The summed E-state index contributed by atoms with van der Waals surface area (Å²) in [5, 5.41) is 4.77. The third kappa shape index (κ3) is 4.90. The van der Waals surface area contributed by atoms with Crippen molar-refractivity contribution in [3.63, 3.8) is 0 Å². The summed E-state index contributed by atoms with van der Waals surface area (Å²) in [4.78, 5) is 19.6. The number of nitrogens with zero attached hydrogens (tertiary/aromatic N) is 3. The maximum absolute atomic E-state index is 13.1. The Labute approximate surface area is 182 Å². The average molecular weight is 424 g/mol. The largest absolute Gasteiger partial charge is 0.339 e. The van der Waals surface area contributed by atoms with Crippen LogP contribution in [0.1, 0.15) is 42.7 Å². The summed E-state index contributed by atoms with van der Waals surface area (Å²) in [6, 6.07) is 15.8. The van der Waals surface area contributed by atoms with Crippen LogP contribution in [0.4, 0.5) is 0 Å². The Bertz CT molecular complexity index is 997. The highest BCUT2D eigenvalue weighted by atomic mass is 35.5. The molecule has 1 saturated carbocycles. The summed E-state index contributed by atoms with van der Waals surface area (Å²) in [5.41, 5.74) is 2.96. The van der Waals surface area contributed by atoms with Crippen molar-refractivity contribution in [1.82, 2.24) is 15.0 Å². The first-order valence-electron chi connectivity index (χ1n) is 10.5. The number of hydrogen-bond donors (Lipinski definition) is 0. The van der Waals surface area contributed by atoms with E-state index in [4.69, 9.17) is 16.1 Å². The number of amides is 1. The Morgan fingerprint density at radius 2 is 1.93 bits per heavy atom. The molecule has 0 unspecified atom stereocenters. The quantitative estimate of drug-likeness (QED) is 0.506. The van der Waals surface area contributed by atoms with E-state index in [2.05, 4.69) is 22.3 Å². The van der Waals surface area contributed by atoms with E-state index in [1.165, 1.54) is 0 Å². The molecule has 1 aliphatic carbocycles. The monoisotopic (exact) mass is 423 g/mol. The fourth-order valence-electron chi connectivity index (χ4n) is 3.94. The first kappa shape index (κ1) is 20.6. The second-order valence-electron chi connectivity index (χ2n) is 7.95. The Morgan fingerprint density at radius 3 is 2.67 bits per heavy atom. The van der Waals surface area contributed by atoms with Gasteiger partial charge in [-0.25, -0.2) is 0 Å². The molecule has 0 saturated heterocycles. The molecule has 0 atom stereocenters. The molecule has 1 amide bonds. The summed E-state index contributed by atoms with van der Waals surface area (Å²) in [7, 11) is 0. The lowest BCUT2D eigenvalue weighted by atomic mass is 10.1. The highest BCUT2D eigenvalue weighted by molar-refractivity contribution is 6.31. The van der Waals surface area contributed by atoms with Gasteiger partial charge in [0.25, 0.3) is 0 Å². The second kappa shape index (κ2) is 9.43. The van der Waals surface area contributed by atoms with E-state index in [-0.39, 0.29) is 11.8 Å². The van der Waals surface area contributed by atoms with Crippen LogP contribution >= 0.6 is 11.6 Å². The summed E-state index contributed by atoms with van der Waals surface area (Å²) >= 11 is 6.22. The van der Waals surface area contributed by atoms with Gasteiger partial charge in [-0.2, -0.15) is 4.98 Å². The molecular weight excluding hydrogens is 398 g/mol. The molecule has 0 N–H and O–H groups in total. The van der Waals surface area contributed by atoms with Crippen LogP contribution in [0.2, 0.25) is 5.02 Å². The van der Waals surface area contributed by atoms with Gasteiger partial charge in [-0.15, -0.1) is 0 Å². The van der Waals surface area contributed by atoms with Crippen LogP contribution in [0, 0.1) is 12.8 Å². The van der Waals surface area contributed by atoms with Gasteiger partial charge in [0, 0.05) is 36.0 Å². The maximum atomic E-state index is 13.1. The Balaban J connectivity index is 1.45. The van der Waals surface area contributed by atoms with Gasteiger partial charge in [0.2, 0.25) is 17.6 Å². The van der Waals surface area contributed by atoms with Crippen LogP contribution in [0.25, 0.3) is 11.4 Å². The minimum atomic E-state index is 0.140. The van der Waals surface area contributed by atoms with E-state index in [0.29, 0.717) is 36.2 Å². The van der Waals surface area contributed by atoms with Crippen molar-refractivity contribution in [2.24, 2.45) is 5.92 Å². The maximum Gasteiger partial charge on any atom is 0.228 e. The van der Waals surface area contributed by atoms with E-state index in [1.807, 2.05) is 48.2 Å². The van der Waals surface area contributed by atoms with Gasteiger partial charge < -0.3 is 9.42 Å². The zero-order valence-corrected chi connectivity index (χ0v) is 17.9. The van der Waals surface area contributed by atoms with Gasteiger partial charge in [0.1, 0.15) is 0 Å². The number of aryl methyl sites for hydroxylation is 1. The van der Waals surface area contributed by atoms with Crippen LogP contribution < -0.4 is 0 Å². The van der Waals surface area contributed by atoms with Crippen LogP contribution in [0.15, 0.2) is 53.1 Å². The summed E-state index contributed by atoms with van der Waals surface area (Å²) in [6.45, 7) is 3.11. The number of rotatable bonds is 7. The lowest BCUT2D eigenvalue weighted by molar-refractivity contribution is -0.136. The number of benzene rings is 2. The number of halogens is 1. The predicted molar refractivity (Wildman–Crippen MR) is 117 cm³/mol. The molecule has 30 heavy (non-hydrogen) atoms. The molecule has 3 aromatic rings. The predicted octanol–water partition coefficient (Wildman–Crippen LogP) is 5.46. The molecule has 4 rings (SSSR count). The van der Waals surface area contributed by atoms with Gasteiger partial charge in [0.15, 0.2) is 0 Å². The van der Waals surface area contributed by atoms with Crippen LogP contribution in [-0.2, 0) is 17.8 Å². The zero-order valence-electron chi connectivity index (χ0n) is 17.2. The average Bonchev–Trinajstić information content (AvgIpc) is 3.46. The molecule has 5 nitrogen and oxygen atoms in total. The van der Waals surface area contributed by atoms with Gasteiger partial charge in [0.05, 0.1) is 0 Å². The summed E-state index contributed by atoms with van der Waals surface area (Å²) in [5.74, 6) is 1.42. The minimum absolute atomic E-state index is 0.140. The van der Waals surface area contributed by atoms with Crippen molar-refractivity contribution in [3.8, 4) is 11.4 Å². The fourth-order valence-corrected chi connectivity index (χ4v) is 4.12. The van der Waals surface area contributed by atoms with Gasteiger partial charge in [-0.3, -0.25) is 4.79 Å². The van der Waals surface area contributed by atoms with E-state index >= 15 is 0 Å². The summed E-state index contributed by atoms with van der Waals surface area (Å²) in [6.07, 6.45) is 4.79. The molecule has 0 spiro atoms. The van der Waals surface area contributed by atoms with Crippen LogP contribution in [0.5, 0.6) is 0 Å². The number of carbonyl (C=O) groups excluding carboxylic acids is 1. The highest BCUT2D eigenvalue weighted by Crippen LogP contribution is 2.27. The van der Waals surface area contributed by atoms with Crippen molar-refractivity contribution < 1.29 is 9.32 Å². The fraction of sp³-hybridized carbons (Fsp3) is 0.375. The third-order valence-electron chi connectivity index (χ3n) is 5.73. The first-order valence-corrected chi connectivity index (χ1v) is 10.9. The normalized spacial score (nSPS) is 14.2. The van der Waals surface area contributed by atoms with E-state index in [0.717, 1.165) is 42.4 Å². The van der Waals surface area contributed by atoms with E-state index in [9.17, 15) is 4.79 Å². The molecule has 1 aromatic heterocycles. The van der Waals surface area contributed by atoms with Gasteiger partial charge >= 0.3 is 0 Å². The molecule has 1 aliphatic rings. The molecule has 0 bridgehead atoms. The van der Waals surface area contributed by atoms with Crippen LogP contribution in [-0.4, -0.2) is 27.5 Å². The molecule has 0 radical (unpaired) electrons. The standard InChI is InChI=1S/C24H26ClN3O2/c1-17-11-12-20(15-21(17)25)23-26-22(30-27-23)13-14-28(16-18-7-3-2-4-8-18)24(29)19-9-5-6-10-19/h2-4,7-8,11-12,15,19H,5-6,9-10,13-14,16H2,1H3. The lowest BCUT2D eigenvalue weighted by Crippen LogP contribution is -2.36. The topological polar surface area (TPSA) is 59.2 Å². The smallest absolute Gasteiger partial charge is 0.228 e. The Morgan fingerprint density at radius 1 is 1.17 bits per heavy atom. The highest BCUT2D eigenvalue weighted by Gasteiger charge is 2.27. The minimum Gasteiger partial charge on any atom is -0.339 e. The Hall–Kier alpha value is -2.66. The SMILES string of the molecule is Cc1ccc(-c2noc(CCN(Cc3ccccc3)C(=O)C3CCCC3)n2)cc1Cl. The van der Waals surface area contributed by atoms with Crippen LogP contribution in [0.3, 0.4) is 0 Å². The van der Waals surface area contributed by atoms with Crippen molar-refractivity contribution in [3.05, 3.63) is 70.6 Å². The number of carbonyl (C=O) groups is 1. The van der Waals surface area contributed by atoms with Gasteiger partial charge in [-0.05, 0) is 37.0 Å². The molecule has 1 fully saturated rings. The molecule has 1 heterocycles. The first-order chi connectivity index (χ1) is 14.6. The molecule has 156 valence electrons. The molecule has 6 heteroatoms. The molecule has 0 aliphatic heterocycles. The molecule has 2 aromatic carbocycles. The summed E-state index contributed by atoms with van der Waals surface area (Å²) < 4.78 is 5.45. The second-order valence-corrected chi connectivity index (χ2v) is 8.36. The van der Waals surface area contributed by atoms with Crippen molar-refractivity contribution >= 4 is 17.5 Å². The van der Waals surface area contributed by atoms with Gasteiger partial charge in [-0.1, -0.05) is 72.1 Å². The molecular formula is C24H26ClN3O2. The number of hydrogen-bond acceptors (Lipinski definition) is 4. The lowest BCUT2D eigenvalue weighted by Gasteiger charge is -2.25. The van der Waals surface area contributed by atoms with Crippen molar-refractivity contribution in [2.75, 3.05) is 6.54 Å².